The Morgan fingerprint density at radius 3 is 2.05 bits per heavy atom. The van der Waals surface area contributed by atoms with Gasteiger partial charge in [-0.3, -0.25) is 0 Å². The van der Waals surface area contributed by atoms with Crippen molar-refractivity contribution in [1.29, 1.82) is 0 Å². The second-order valence-corrected chi connectivity index (χ2v) is 4.88. The fraction of sp³-hybridized carbons (Fsp3) is 0.611. The summed E-state index contributed by atoms with van der Waals surface area (Å²) < 4.78 is 2.47. The third-order valence-electron chi connectivity index (χ3n) is 3.62. The van der Waals surface area contributed by atoms with Gasteiger partial charge in [0, 0.05) is 25.0 Å². The van der Waals surface area contributed by atoms with Crippen molar-refractivity contribution in [3.63, 3.8) is 0 Å². The zero-order valence-corrected chi connectivity index (χ0v) is 14.2. The van der Waals surface area contributed by atoms with E-state index in [9.17, 15) is 0 Å². The predicted molar refractivity (Wildman–Crippen MR) is 87.9 cm³/mol. The maximum atomic E-state index is 2.47. The summed E-state index contributed by atoms with van der Waals surface area (Å²) >= 11 is 0. The van der Waals surface area contributed by atoms with Crippen LogP contribution in [0.25, 0.3) is 0 Å². The maximum absolute atomic E-state index is 2.47. The second-order valence-electron chi connectivity index (χ2n) is 4.88. The lowest BCUT2D eigenvalue weighted by molar-refractivity contribution is -0.438. The van der Waals surface area contributed by atoms with E-state index >= 15 is 0 Å². The second kappa shape index (κ2) is 8.14. The summed E-state index contributed by atoms with van der Waals surface area (Å²) in [4.78, 5) is 0. The van der Waals surface area contributed by atoms with Crippen LogP contribution in [0.1, 0.15) is 67.4 Å². The Balaban J connectivity index is 0.000000741. The minimum atomic E-state index is 0.200. The molecule has 0 fully saturated rings. The van der Waals surface area contributed by atoms with Crippen molar-refractivity contribution in [3.05, 3.63) is 29.8 Å². The highest BCUT2D eigenvalue weighted by molar-refractivity contribution is 5.93. The van der Waals surface area contributed by atoms with Gasteiger partial charge in [0.25, 0.3) is 0 Å². The Hall–Kier alpha value is -1.11. The molecule has 19 heavy (non-hydrogen) atoms. The van der Waals surface area contributed by atoms with Gasteiger partial charge in [0.2, 0.25) is 5.69 Å². The molecule has 0 amide bonds. The zero-order chi connectivity index (χ0) is 15.1. The van der Waals surface area contributed by atoms with Crippen LogP contribution in [0.15, 0.2) is 24.3 Å². The van der Waals surface area contributed by atoms with E-state index in [4.69, 9.17) is 0 Å². The molecule has 0 bridgehead atoms. The number of nitrogens with zero attached hydrogens (tertiary/aromatic N) is 1. The third kappa shape index (κ3) is 3.46. The van der Waals surface area contributed by atoms with Gasteiger partial charge in [-0.15, -0.1) is 0 Å². The van der Waals surface area contributed by atoms with Crippen LogP contribution in [0.5, 0.6) is 0 Å². The standard InChI is InChI=1S/C14H20N.2C2H6/c1-5-10-15-11(2)14(3,4)12-8-6-7-9-13(12)15;2*1-2/h6-9H,5,10H2,1-4H3;2*1-2H3/q+1;;. The summed E-state index contributed by atoms with van der Waals surface area (Å²) in [6.07, 6.45) is 1.20. The lowest BCUT2D eigenvalue weighted by atomic mass is 9.82. The van der Waals surface area contributed by atoms with Crippen LogP contribution in [0.3, 0.4) is 0 Å². The average Bonchev–Trinajstić information content (AvgIpc) is 2.66. The van der Waals surface area contributed by atoms with E-state index < -0.39 is 0 Å². The highest BCUT2D eigenvalue weighted by Crippen LogP contribution is 2.38. The van der Waals surface area contributed by atoms with Crippen LogP contribution in [-0.2, 0) is 5.41 Å². The van der Waals surface area contributed by atoms with Gasteiger partial charge in [0.05, 0.1) is 5.41 Å². The first-order chi connectivity index (χ1) is 9.09. The van der Waals surface area contributed by atoms with Gasteiger partial charge in [0.15, 0.2) is 5.71 Å². The fourth-order valence-corrected chi connectivity index (χ4v) is 2.46. The van der Waals surface area contributed by atoms with Crippen molar-refractivity contribution in [2.75, 3.05) is 6.54 Å². The number of hydrogen-bond acceptors (Lipinski definition) is 0. The zero-order valence-electron chi connectivity index (χ0n) is 14.2. The van der Waals surface area contributed by atoms with Gasteiger partial charge in [0.1, 0.15) is 6.54 Å². The Morgan fingerprint density at radius 2 is 1.53 bits per heavy atom. The van der Waals surface area contributed by atoms with E-state index in [1.54, 1.807) is 0 Å². The third-order valence-corrected chi connectivity index (χ3v) is 3.62. The van der Waals surface area contributed by atoms with Crippen LogP contribution in [-0.4, -0.2) is 16.8 Å². The molecule has 0 spiro atoms. The van der Waals surface area contributed by atoms with Crippen molar-refractivity contribution in [3.8, 4) is 0 Å². The largest absolute Gasteiger partial charge is 0.209 e. The smallest absolute Gasteiger partial charge is 0.199 e. The molecule has 0 unspecified atom stereocenters. The molecule has 0 saturated heterocycles. The number of benzene rings is 1. The van der Waals surface area contributed by atoms with Crippen LogP contribution in [0, 0.1) is 0 Å². The maximum Gasteiger partial charge on any atom is 0.209 e. The molecule has 0 N–H and O–H groups in total. The fourth-order valence-electron chi connectivity index (χ4n) is 2.46. The molecular formula is C18H32N+. The Bertz CT molecular complexity index is 413. The van der Waals surface area contributed by atoms with Crippen molar-refractivity contribution < 1.29 is 4.58 Å². The Labute approximate surface area is 120 Å². The van der Waals surface area contributed by atoms with Crippen LogP contribution in [0.2, 0.25) is 0 Å². The summed E-state index contributed by atoms with van der Waals surface area (Å²) in [5.74, 6) is 0. The SMILES string of the molecule is CC.CC.CCC[N+]1=C(C)C(C)(C)c2ccccc21. The Kier molecular flexibility index (Phi) is 7.66. The molecule has 2 rings (SSSR count). The predicted octanol–water partition coefficient (Wildman–Crippen LogP) is 5.55. The Morgan fingerprint density at radius 1 is 1.00 bits per heavy atom. The molecule has 0 aromatic heterocycles. The summed E-state index contributed by atoms with van der Waals surface area (Å²) in [6, 6.07) is 8.78. The quantitative estimate of drug-likeness (QED) is 0.615. The molecule has 1 aliphatic rings. The first-order valence-corrected chi connectivity index (χ1v) is 7.80. The molecule has 0 saturated carbocycles. The molecule has 1 aromatic rings. The highest BCUT2D eigenvalue weighted by Gasteiger charge is 2.42. The normalized spacial score (nSPS) is 14.9. The van der Waals surface area contributed by atoms with E-state index in [1.807, 2.05) is 27.7 Å². The van der Waals surface area contributed by atoms with Crippen molar-refractivity contribution in [2.24, 2.45) is 0 Å². The molecule has 1 nitrogen and oxygen atoms in total. The van der Waals surface area contributed by atoms with Crippen LogP contribution >= 0.6 is 0 Å². The lowest BCUT2D eigenvalue weighted by Crippen LogP contribution is -2.26. The molecule has 0 radical (unpaired) electrons. The van der Waals surface area contributed by atoms with Crippen molar-refractivity contribution >= 4 is 11.4 Å². The molecule has 108 valence electrons. The van der Waals surface area contributed by atoms with Gasteiger partial charge in [-0.05, 0) is 13.8 Å². The van der Waals surface area contributed by atoms with Gasteiger partial charge in [-0.1, -0.05) is 52.8 Å². The summed E-state index contributed by atoms with van der Waals surface area (Å²) in [7, 11) is 0. The van der Waals surface area contributed by atoms with E-state index in [0.717, 1.165) is 6.54 Å². The van der Waals surface area contributed by atoms with Crippen LogP contribution < -0.4 is 0 Å². The number of fused-ring (bicyclic) bond motifs is 1. The minimum absolute atomic E-state index is 0.200. The highest BCUT2D eigenvalue weighted by atomic mass is 15.0. The molecule has 1 aliphatic heterocycles. The van der Waals surface area contributed by atoms with Crippen molar-refractivity contribution in [2.45, 2.75) is 67.2 Å². The summed E-state index contributed by atoms with van der Waals surface area (Å²) in [6.45, 7) is 18.3. The first-order valence-electron chi connectivity index (χ1n) is 7.80. The van der Waals surface area contributed by atoms with Crippen LogP contribution in [0.4, 0.5) is 5.69 Å². The van der Waals surface area contributed by atoms with Crippen molar-refractivity contribution in [1.82, 2.24) is 0 Å². The van der Waals surface area contributed by atoms with Gasteiger partial charge in [-0.25, -0.2) is 0 Å². The molecule has 1 heteroatoms. The molecule has 1 heterocycles. The van der Waals surface area contributed by atoms with E-state index in [0.29, 0.717) is 0 Å². The molecule has 0 atom stereocenters. The number of para-hydroxylation sites is 1. The molecular weight excluding hydrogens is 230 g/mol. The van der Waals surface area contributed by atoms with E-state index in [2.05, 4.69) is 56.5 Å². The summed E-state index contributed by atoms with van der Waals surface area (Å²) in [5, 5.41) is 0. The monoisotopic (exact) mass is 262 g/mol. The van der Waals surface area contributed by atoms with Gasteiger partial charge < -0.3 is 0 Å². The summed E-state index contributed by atoms with van der Waals surface area (Å²) in [5.41, 5.74) is 4.55. The number of hydrogen-bond donors (Lipinski definition) is 0. The first kappa shape index (κ1) is 17.9. The van der Waals surface area contributed by atoms with E-state index in [-0.39, 0.29) is 5.41 Å². The van der Waals surface area contributed by atoms with Gasteiger partial charge in [-0.2, -0.15) is 4.58 Å². The molecule has 1 aromatic carbocycles. The average molecular weight is 262 g/mol. The topological polar surface area (TPSA) is 3.01 Å². The number of rotatable bonds is 2. The molecule has 0 aliphatic carbocycles. The van der Waals surface area contributed by atoms with Gasteiger partial charge >= 0.3 is 0 Å². The minimum Gasteiger partial charge on any atom is -0.199 e. The lowest BCUT2D eigenvalue weighted by Gasteiger charge is -2.14. The van der Waals surface area contributed by atoms with E-state index in [1.165, 1.54) is 23.4 Å².